The van der Waals surface area contributed by atoms with Gasteiger partial charge >= 0.3 is 5.76 Å². The molecule has 0 unspecified atom stereocenters. The lowest BCUT2D eigenvalue weighted by atomic mass is 10.1. The van der Waals surface area contributed by atoms with E-state index in [0.717, 1.165) is 24.3 Å². The van der Waals surface area contributed by atoms with Crippen LogP contribution in [-0.2, 0) is 0 Å². The second-order valence-corrected chi connectivity index (χ2v) is 5.26. The third kappa shape index (κ3) is 1.90. The number of nitrogens with one attached hydrogen (secondary N) is 1. The van der Waals surface area contributed by atoms with Crippen molar-refractivity contribution in [2.75, 3.05) is 25.0 Å². The van der Waals surface area contributed by atoms with Gasteiger partial charge < -0.3 is 15.1 Å². The lowest BCUT2D eigenvalue weighted by Gasteiger charge is -2.24. The molecule has 1 fully saturated rings. The number of rotatable bonds is 4. The molecule has 0 radical (unpaired) electrons. The van der Waals surface area contributed by atoms with Gasteiger partial charge in [-0.1, -0.05) is 0 Å². The van der Waals surface area contributed by atoms with E-state index in [4.69, 9.17) is 10.2 Å². The van der Waals surface area contributed by atoms with Crippen molar-refractivity contribution >= 4 is 16.8 Å². The van der Waals surface area contributed by atoms with E-state index in [-0.39, 0.29) is 0 Å². The van der Waals surface area contributed by atoms with Gasteiger partial charge in [-0.05, 0) is 37.6 Å². The molecule has 18 heavy (non-hydrogen) atoms. The molecular formula is C13H17N3O2. The molecule has 0 saturated heterocycles. The van der Waals surface area contributed by atoms with Crippen molar-refractivity contribution in [2.45, 2.75) is 12.8 Å². The summed E-state index contributed by atoms with van der Waals surface area (Å²) in [6.07, 6.45) is 2.41. The van der Waals surface area contributed by atoms with Crippen LogP contribution in [0.25, 0.3) is 11.1 Å². The van der Waals surface area contributed by atoms with E-state index in [0.29, 0.717) is 11.0 Å². The zero-order chi connectivity index (χ0) is 12.8. The van der Waals surface area contributed by atoms with Gasteiger partial charge in [0.15, 0.2) is 5.58 Å². The Morgan fingerprint density at radius 2 is 2.28 bits per heavy atom. The summed E-state index contributed by atoms with van der Waals surface area (Å²) in [5.41, 5.74) is 8.50. The molecule has 1 aliphatic rings. The van der Waals surface area contributed by atoms with Crippen LogP contribution in [-0.4, -0.2) is 25.1 Å². The number of anilines is 1. The highest BCUT2D eigenvalue weighted by atomic mass is 16.4. The van der Waals surface area contributed by atoms with Crippen molar-refractivity contribution in [1.29, 1.82) is 0 Å². The predicted octanol–water partition coefficient (Wildman–Crippen LogP) is 1.30. The Morgan fingerprint density at radius 3 is 2.94 bits per heavy atom. The fraction of sp³-hybridized carbons (Fsp3) is 0.462. The Morgan fingerprint density at radius 1 is 1.50 bits per heavy atom. The molecule has 2 aromatic rings. The summed E-state index contributed by atoms with van der Waals surface area (Å²) < 4.78 is 4.99. The normalized spacial score (nSPS) is 17.0. The maximum Gasteiger partial charge on any atom is 0.417 e. The first kappa shape index (κ1) is 11.3. The summed E-state index contributed by atoms with van der Waals surface area (Å²) in [5.74, 6) is -0.412. The molecule has 0 atom stereocenters. The maximum atomic E-state index is 11.1. The summed E-state index contributed by atoms with van der Waals surface area (Å²) >= 11 is 0. The highest BCUT2D eigenvalue weighted by Crippen LogP contribution is 2.45. The summed E-state index contributed by atoms with van der Waals surface area (Å²) in [6.45, 7) is 1.69. The maximum absolute atomic E-state index is 11.1. The number of benzene rings is 1. The molecule has 1 saturated carbocycles. The minimum atomic E-state index is -0.412. The van der Waals surface area contributed by atoms with Crippen LogP contribution in [0.15, 0.2) is 27.4 Å². The van der Waals surface area contributed by atoms with Crippen LogP contribution < -0.4 is 16.4 Å². The second kappa shape index (κ2) is 3.88. The molecule has 1 aromatic carbocycles. The minimum Gasteiger partial charge on any atom is -0.408 e. The second-order valence-electron chi connectivity index (χ2n) is 5.26. The molecule has 0 bridgehead atoms. The smallest absolute Gasteiger partial charge is 0.408 e. The lowest BCUT2D eigenvalue weighted by molar-refractivity contribution is 0.523. The number of hydrogen-bond acceptors (Lipinski definition) is 4. The zero-order valence-corrected chi connectivity index (χ0v) is 10.4. The molecule has 0 aliphatic heterocycles. The topological polar surface area (TPSA) is 75.3 Å². The van der Waals surface area contributed by atoms with Crippen LogP contribution in [0.5, 0.6) is 0 Å². The van der Waals surface area contributed by atoms with Gasteiger partial charge in [0.2, 0.25) is 0 Å². The molecule has 3 rings (SSSR count). The van der Waals surface area contributed by atoms with Gasteiger partial charge in [0.05, 0.1) is 5.52 Å². The SMILES string of the molecule is CN(CC1(CN)CC1)c1ccc2oc(=O)[nH]c2c1. The van der Waals surface area contributed by atoms with Gasteiger partial charge in [0, 0.05) is 24.7 Å². The number of aromatic amines is 1. The molecule has 0 spiro atoms. The van der Waals surface area contributed by atoms with Crippen molar-refractivity contribution in [3.05, 3.63) is 28.7 Å². The van der Waals surface area contributed by atoms with Gasteiger partial charge in [-0.2, -0.15) is 0 Å². The first-order chi connectivity index (χ1) is 8.62. The summed E-state index contributed by atoms with van der Waals surface area (Å²) in [7, 11) is 2.05. The molecule has 1 heterocycles. The van der Waals surface area contributed by atoms with Crippen molar-refractivity contribution < 1.29 is 4.42 Å². The van der Waals surface area contributed by atoms with Gasteiger partial charge in [-0.15, -0.1) is 0 Å². The largest absolute Gasteiger partial charge is 0.417 e. The number of nitrogens with zero attached hydrogens (tertiary/aromatic N) is 1. The zero-order valence-electron chi connectivity index (χ0n) is 10.4. The highest BCUT2D eigenvalue weighted by molar-refractivity contribution is 5.77. The number of fused-ring (bicyclic) bond motifs is 1. The van der Waals surface area contributed by atoms with Gasteiger partial charge in [-0.25, -0.2) is 4.79 Å². The minimum absolute atomic E-state index is 0.299. The number of hydrogen-bond donors (Lipinski definition) is 2. The Hall–Kier alpha value is -1.75. The first-order valence-corrected chi connectivity index (χ1v) is 6.16. The van der Waals surface area contributed by atoms with Crippen LogP contribution in [0.1, 0.15) is 12.8 Å². The van der Waals surface area contributed by atoms with Crippen LogP contribution in [0.4, 0.5) is 5.69 Å². The third-order valence-corrected chi connectivity index (χ3v) is 3.81. The summed E-state index contributed by atoms with van der Waals surface area (Å²) in [6, 6.07) is 5.72. The molecule has 1 aromatic heterocycles. The quantitative estimate of drug-likeness (QED) is 0.853. The molecule has 3 N–H and O–H groups in total. The van der Waals surface area contributed by atoms with Crippen molar-refractivity contribution in [3.8, 4) is 0 Å². The Bertz CT molecular complexity index is 624. The monoisotopic (exact) mass is 247 g/mol. The number of oxazole rings is 1. The average molecular weight is 247 g/mol. The Kier molecular flexibility index (Phi) is 2.45. The lowest BCUT2D eigenvalue weighted by Crippen LogP contribution is -2.31. The fourth-order valence-corrected chi connectivity index (χ4v) is 2.38. The molecular weight excluding hydrogens is 230 g/mol. The van der Waals surface area contributed by atoms with Crippen LogP contribution >= 0.6 is 0 Å². The predicted molar refractivity (Wildman–Crippen MR) is 70.8 cm³/mol. The Labute approximate surface area is 105 Å². The first-order valence-electron chi connectivity index (χ1n) is 6.16. The number of H-pyrrole nitrogens is 1. The number of aromatic nitrogens is 1. The van der Waals surface area contributed by atoms with Crippen LogP contribution in [0.2, 0.25) is 0 Å². The van der Waals surface area contributed by atoms with Gasteiger partial charge in [0.1, 0.15) is 0 Å². The molecule has 0 amide bonds. The molecule has 1 aliphatic carbocycles. The van der Waals surface area contributed by atoms with Gasteiger partial charge in [0.25, 0.3) is 0 Å². The van der Waals surface area contributed by atoms with E-state index in [1.807, 2.05) is 18.2 Å². The van der Waals surface area contributed by atoms with Crippen molar-refractivity contribution in [2.24, 2.45) is 11.1 Å². The van der Waals surface area contributed by atoms with Crippen LogP contribution in [0, 0.1) is 5.41 Å². The van der Waals surface area contributed by atoms with Gasteiger partial charge in [-0.3, -0.25) is 4.98 Å². The van der Waals surface area contributed by atoms with Crippen molar-refractivity contribution in [3.63, 3.8) is 0 Å². The summed E-state index contributed by atoms with van der Waals surface area (Å²) in [4.78, 5) is 16.0. The van der Waals surface area contributed by atoms with E-state index in [1.54, 1.807) is 0 Å². The Balaban J connectivity index is 1.86. The van der Waals surface area contributed by atoms with E-state index >= 15 is 0 Å². The third-order valence-electron chi connectivity index (χ3n) is 3.81. The average Bonchev–Trinajstić information content (AvgIpc) is 3.01. The molecule has 5 nitrogen and oxygen atoms in total. The van der Waals surface area contributed by atoms with Crippen LogP contribution in [0.3, 0.4) is 0 Å². The van der Waals surface area contributed by atoms with E-state index in [2.05, 4.69) is 16.9 Å². The van der Waals surface area contributed by atoms with Crippen molar-refractivity contribution in [1.82, 2.24) is 4.98 Å². The highest BCUT2D eigenvalue weighted by Gasteiger charge is 2.42. The fourth-order valence-electron chi connectivity index (χ4n) is 2.38. The standard InChI is InChI=1S/C13H17N3O2/c1-16(8-13(7-14)4-5-13)9-2-3-11-10(6-9)15-12(17)18-11/h2-3,6H,4-5,7-8,14H2,1H3,(H,15,17). The summed E-state index contributed by atoms with van der Waals surface area (Å²) in [5, 5.41) is 0. The van der Waals surface area contributed by atoms with E-state index in [1.165, 1.54) is 12.8 Å². The molecule has 5 heteroatoms. The molecule has 96 valence electrons. The van der Waals surface area contributed by atoms with E-state index in [9.17, 15) is 4.79 Å². The number of nitrogens with two attached hydrogens (primary N) is 1. The van der Waals surface area contributed by atoms with E-state index < -0.39 is 5.76 Å².